The SMILES string of the molecule is COc1ccc(/C(O)=C2\C(=O)C(=O)N(CCCN(C)C)[C@@H]2c2ccc(Br)cc2)cc1Cl. The van der Waals surface area contributed by atoms with Gasteiger partial charge in [-0.1, -0.05) is 39.7 Å². The Morgan fingerprint density at radius 1 is 1.19 bits per heavy atom. The number of methoxy groups -OCH3 is 1. The lowest BCUT2D eigenvalue weighted by atomic mass is 9.95. The molecule has 8 heteroatoms. The first-order chi connectivity index (χ1) is 14.7. The minimum absolute atomic E-state index is 0.0541. The van der Waals surface area contributed by atoms with Crippen LogP contribution in [0.3, 0.4) is 0 Å². The molecule has 0 unspecified atom stereocenters. The predicted octanol–water partition coefficient (Wildman–Crippen LogP) is 4.48. The van der Waals surface area contributed by atoms with Crippen LogP contribution in [-0.2, 0) is 9.59 Å². The fraction of sp³-hybridized carbons (Fsp3) is 0.304. The molecule has 1 aliphatic rings. The van der Waals surface area contributed by atoms with E-state index in [2.05, 4.69) is 15.9 Å². The van der Waals surface area contributed by atoms with Crippen molar-refractivity contribution in [2.75, 3.05) is 34.3 Å². The van der Waals surface area contributed by atoms with Gasteiger partial charge < -0.3 is 19.6 Å². The molecule has 1 N–H and O–H groups in total. The van der Waals surface area contributed by atoms with Gasteiger partial charge in [0.2, 0.25) is 0 Å². The van der Waals surface area contributed by atoms with Crippen molar-refractivity contribution in [3.63, 3.8) is 0 Å². The fourth-order valence-electron chi connectivity index (χ4n) is 3.63. The van der Waals surface area contributed by atoms with Crippen molar-refractivity contribution >= 4 is 45.0 Å². The maximum Gasteiger partial charge on any atom is 0.295 e. The number of hydrogen-bond donors (Lipinski definition) is 1. The molecule has 0 radical (unpaired) electrons. The summed E-state index contributed by atoms with van der Waals surface area (Å²) in [5.41, 5.74) is 1.14. The molecule has 0 bridgehead atoms. The minimum atomic E-state index is -0.706. The average Bonchev–Trinajstić information content (AvgIpc) is 2.98. The highest BCUT2D eigenvalue weighted by Gasteiger charge is 2.45. The Labute approximate surface area is 195 Å². The van der Waals surface area contributed by atoms with Crippen molar-refractivity contribution < 1.29 is 19.4 Å². The van der Waals surface area contributed by atoms with E-state index in [9.17, 15) is 14.7 Å². The summed E-state index contributed by atoms with van der Waals surface area (Å²) in [4.78, 5) is 29.5. The molecule has 31 heavy (non-hydrogen) atoms. The molecule has 1 heterocycles. The van der Waals surface area contributed by atoms with E-state index in [4.69, 9.17) is 16.3 Å². The molecule has 3 rings (SSSR count). The second-order valence-electron chi connectivity index (χ2n) is 7.55. The van der Waals surface area contributed by atoms with E-state index in [1.165, 1.54) is 18.1 Å². The number of aliphatic hydroxyl groups is 1. The molecule has 1 fully saturated rings. The van der Waals surface area contributed by atoms with Crippen LogP contribution in [0.15, 0.2) is 52.5 Å². The second kappa shape index (κ2) is 9.85. The first kappa shape index (κ1) is 23.3. The number of rotatable bonds is 7. The number of ether oxygens (including phenoxy) is 1. The highest BCUT2D eigenvalue weighted by molar-refractivity contribution is 9.10. The normalized spacial score (nSPS) is 18.1. The van der Waals surface area contributed by atoms with Crippen LogP contribution < -0.4 is 4.74 Å². The number of carbonyl (C=O) groups is 2. The van der Waals surface area contributed by atoms with Crippen LogP contribution in [0.5, 0.6) is 5.75 Å². The van der Waals surface area contributed by atoms with E-state index >= 15 is 0 Å². The molecule has 1 amide bonds. The van der Waals surface area contributed by atoms with Gasteiger partial charge in [0.25, 0.3) is 11.7 Å². The van der Waals surface area contributed by atoms with Crippen LogP contribution in [0.25, 0.3) is 5.76 Å². The molecule has 6 nitrogen and oxygen atoms in total. The Morgan fingerprint density at radius 3 is 2.45 bits per heavy atom. The van der Waals surface area contributed by atoms with Crippen LogP contribution in [0, 0.1) is 0 Å². The van der Waals surface area contributed by atoms with Gasteiger partial charge in [0.05, 0.1) is 23.7 Å². The molecule has 1 saturated heterocycles. The Kier molecular flexibility index (Phi) is 7.41. The predicted molar refractivity (Wildman–Crippen MR) is 124 cm³/mol. The van der Waals surface area contributed by atoms with Gasteiger partial charge in [-0.2, -0.15) is 0 Å². The van der Waals surface area contributed by atoms with Crippen LogP contribution in [0.4, 0.5) is 0 Å². The summed E-state index contributed by atoms with van der Waals surface area (Å²) in [7, 11) is 5.40. The van der Waals surface area contributed by atoms with Crippen molar-refractivity contribution in [3.8, 4) is 5.75 Å². The van der Waals surface area contributed by atoms with Gasteiger partial charge in [-0.05, 0) is 63.0 Å². The number of halogens is 2. The highest BCUT2D eigenvalue weighted by Crippen LogP contribution is 2.40. The lowest BCUT2D eigenvalue weighted by Crippen LogP contribution is -2.32. The minimum Gasteiger partial charge on any atom is -0.507 e. The van der Waals surface area contributed by atoms with Gasteiger partial charge in [-0.3, -0.25) is 9.59 Å². The van der Waals surface area contributed by atoms with E-state index in [0.29, 0.717) is 29.3 Å². The third-order valence-corrected chi connectivity index (χ3v) is 5.98. The van der Waals surface area contributed by atoms with Crippen LogP contribution in [-0.4, -0.2) is 60.9 Å². The standard InChI is InChI=1S/C23H24BrClN2O4/c1-26(2)11-4-12-27-20(14-5-8-16(24)9-6-14)19(22(29)23(27)30)21(28)15-7-10-18(31-3)17(25)13-15/h5-10,13,20,28H,4,11-12H2,1-3H3/b21-19+/t20-/m1/s1. The first-order valence-electron chi connectivity index (χ1n) is 9.77. The van der Waals surface area contributed by atoms with Crippen molar-refractivity contribution in [1.82, 2.24) is 9.80 Å². The molecule has 0 aromatic heterocycles. The summed E-state index contributed by atoms with van der Waals surface area (Å²) in [5, 5.41) is 11.4. The number of Topliss-reactive ketones (excluding diaryl/α,β-unsaturated/α-hetero) is 1. The van der Waals surface area contributed by atoms with Crippen molar-refractivity contribution in [2.24, 2.45) is 0 Å². The molecule has 2 aromatic rings. The zero-order chi connectivity index (χ0) is 22.7. The average molecular weight is 508 g/mol. The van der Waals surface area contributed by atoms with Gasteiger partial charge in [0.15, 0.2) is 0 Å². The summed E-state index contributed by atoms with van der Waals surface area (Å²) in [6, 6.07) is 11.4. The van der Waals surface area contributed by atoms with Gasteiger partial charge in [-0.25, -0.2) is 0 Å². The first-order valence-corrected chi connectivity index (χ1v) is 10.9. The molecule has 0 spiro atoms. The number of hydrogen-bond acceptors (Lipinski definition) is 5. The van der Waals surface area contributed by atoms with E-state index in [1.807, 2.05) is 43.3 Å². The third kappa shape index (κ3) is 4.95. The molecule has 1 atom stereocenters. The Bertz CT molecular complexity index is 1020. The molecule has 1 aliphatic heterocycles. The number of likely N-dealkylation sites (tertiary alicyclic amines) is 1. The molecule has 0 saturated carbocycles. The topological polar surface area (TPSA) is 70.1 Å². The number of carbonyl (C=O) groups excluding carboxylic acids is 2. The monoisotopic (exact) mass is 506 g/mol. The maximum atomic E-state index is 13.0. The lowest BCUT2D eigenvalue weighted by molar-refractivity contribution is -0.139. The number of benzene rings is 2. The van der Waals surface area contributed by atoms with Crippen molar-refractivity contribution in [1.29, 1.82) is 0 Å². The third-order valence-electron chi connectivity index (χ3n) is 5.16. The molecular weight excluding hydrogens is 484 g/mol. The Morgan fingerprint density at radius 2 is 1.87 bits per heavy atom. The van der Waals surface area contributed by atoms with Gasteiger partial charge in [0, 0.05) is 16.6 Å². The van der Waals surface area contributed by atoms with E-state index in [1.54, 1.807) is 12.1 Å². The zero-order valence-corrected chi connectivity index (χ0v) is 19.9. The fourth-order valence-corrected chi connectivity index (χ4v) is 4.15. The lowest BCUT2D eigenvalue weighted by Gasteiger charge is -2.26. The van der Waals surface area contributed by atoms with Crippen molar-refractivity contribution in [3.05, 3.63) is 68.7 Å². The Hall–Kier alpha value is -2.35. The quantitative estimate of drug-likeness (QED) is 0.340. The number of amides is 1. The van der Waals surface area contributed by atoms with Crippen LogP contribution in [0.1, 0.15) is 23.6 Å². The van der Waals surface area contributed by atoms with E-state index < -0.39 is 17.7 Å². The highest BCUT2D eigenvalue weighted by atomic mass is 79.9. The van der Waals surface area contributed by atoms with Gasteiger partial charge >= 0.3 is 0 Å². The van der Waals surface area contributed by atoms with Crippen LogP contribution >= 0.6 is 27.5 Å². The maximum absolute atomic E-state index is 13.0. The largest absolute Gasteiger partial charge is 0.507 e. The molecule has 164 valence electrons. The molecular formula is C23H24BrClN2O4. The van der Waals surface area contributed by atoms with Crippen LogP contribution in [0.2, 0.25) is 5.02 Å². The van der Waals surface area contributed by atoms with E-state index in [0.717, 1.165) is 16.6 Å². The van der Waals surface area contributed by atoms with Gasteiger partial charge in [0.1, 0.15) is 11.5 Å². The molecule has 0 aliphatic carbocycles. The van der Waals surface area contributed by atoms with Crippen molar-refractivity contribution in [2.45, 2.75) is 12.5 Å². The smallest absolute Gasteiger partial charge is 0.295 e. The summed E-state index contributed by atoms with van der Waals surface area (Å²) in [6.07, 6.45) is 0.696. The number of aliphatic hydroxyl groups excluding tert-OH is 1. The summed E-state index contributed by atoms with van der Waals surface area (Å²) in [5.74, 6) is -1.13. The second-order valence-corrected chi connectivity index (χ2v) is 8.87. The Balaban J connectivity index is 2.10. The summed E-state index contributed by atoms with van der Waals surface area (Å²) >= 11 is 9.62. The zero-order valence-electron chi connectivity index (χ0n) is 17.6. The number of nitrogens with zero attached hydrogens (tertiary/aromatic N) is 2. The summed E-state index contributed by atoms with van der Waals surface area (Å²) in [6.45, 7) is 1.16. The van der Waals surface area contributed by atoms with Gasteiger partial charge in [-0.15, -0.1) is 0 Å². The number of ketones is 1. The summed E-state index contributed by atoms with van der Waals surface area (Å²) < 4.78 is 6.04. The molecule has 2 aromatic carbocycles. The van der Waals surface area contributed by atoms with E-state index in [-0.39, 0.29) is 11.3 Å².